The summed E-state index contributed by atoms with van der Waals surface area (Å²) in [5, 5.41) is 4.75. The van der Waals surface area contributed by atoms with Crippen molar-refractivity contribution in [3.63, 3.8) is 0 Å². The molecule has 0 saturated carbocycles. The van der Waals surface area contributed by atoms with Crippen LogP contribution in [0.25, 0.3) is 5.52 Å². The third-order valence-electron chi connectivity index (χ3n) is 5.17. The van der Waals surface area contributed by atoms with Crippen LogP contribution in [0.3, 0.4) is 0 Å². The van der Waals surface area contributed by atoms with Gasteiger partial charge in [0.2, 0.25) is 5.91 Å². The first-order valence-electron chi connectivity index (χ1n) is 10.2. The Morgan fingerprint density at radius 1 is 1.17 bits per heavy atom. The van der Waals surface area contributed by atoms with Gasteiger partial charge in [0.05, 0.1) is 19.1 Å². The summed E-state index contributed by atoms with van der Waals surface area (Å²) < 4.78 is 3.30. The third kappa shape index (κ3) is 4.40. The highest BCUT2D eigenvalue weighted by Crippen LogP contribution is 2.23. The molecule has 0 aliphatic carbocycles. The predicted octanol–water partition coefficient (Wildman–Crippen LogP) is 2.58. The van der Waals surface area contributed by atoms with Gasteiger partial charge in [-0.25, -0.2) is 4.52 Å². The lowest BCUT2D eigenvalue weighted by Gasteiger charge is -2.32. The van der Waals surface area contributed by atoms with E-state index in [1.54, 1.807) is 32.3 Å². The van der Waals surface area contributed by atoms with Gasteiger partial charge in [-0.2, -0.15) is 5.10 Å². The van der Waals surface area contributed by atoms with E-state index in [2.05, 4.69) is 6.92 Å². The number of unbranched alkanes of at least 4 members (excludes halogenated alkanes) is 1. The number of nitrogens with zero attached hydrogens (tertiary/aromatic N) is 4. The summed E-state index contributed by atoms with van der Waals surface area (Å²) in [6, 6.07) is 13.1. The molecule has 1 aromatic carbocycles. The fraction of sp³-hybridized carbons (Fsp3) is 0.409. The highest BCUT2D eigenvalue weighted by atomic mass is 16.2. The summed E-state index contributed by atoms with van der Waals surface area (Å²) in [5.41, 5.74) is 7.11. The van der Waals surface area contributed by atoms with E-state index in [1.807, 2.05) is 37.3 Å². The minimum absolute atomic E-state index is 0.0606. The highest BCUT2D eigenvalue weighted by Gasteiger charge is 2.28. The van der Waals surface area contributed by atoms with Gasteiger partial charge in [-0.15, -0.1) is 0 Å². The Morgan fingerprint density at radius 3 is 2.59 bits per heavy atom. The van der Waals surface area contributed by atoms with E-state index in [4.69, 9.17) is 10.8 Å². The van der Waals surface area contributed by atoms with Crippen LogP contribution in [0.15, 0.2) is 53.5 Å². The summed E-state index contributed by atoms with van der Waals surface area (Å²) in [4.78, 5) is 27.7. The van der Waals surface area contributed by atoms with Crippen molar-refractivity contribution in [2.24, 2.45) is 5.73 Å². The number of rotatable bonds is 9. The van der Waals surface area contributed by atoms with Crippen molar-refractivity contribution < 1.29 is 4.79 Å². The number of hydrogen-bond donors (Lipinski definition) is 1. The summed E-state index contributed by atoms with van der Waals surface area (Å²) in [7, 11) is 0. The summed E-state index contributed by atoms with van der Waals surface area (Å²) in [6.45, 7) is 5.03. The van der Waals surface area contributed by atoms with E-state index in [9.17, 15) is 9.59 Å². The molecule has 0 aliphatic heterocycles. The first-order valence-corrected chi connectivity index (χ1v) is 10.2. The average molecular weight is 396 g/mol. The lowest BCUT2D eigenvalue weighted by Crippen LogP contribution is -2.42. The van der Waals surface area contributed by atoms with Crippen molar-refractivity contribution in [3.05, 3.63) is 70.4 Å². The van der Waals surface area contributed by atoms with Gasteiger partial charge in [0.15, 0.2) is 5.82 Å². The van der Waals surface area contributed by atoms with Crippen molar-refractivity contribution in [1.82, 2.24) is 19.1 Å². The molecule has 3 rings (SSSR count). The second-order valence-electron chi connectivity index (χ2n) is 7.14. The fourth-order valence-corrected chi connectivity index (χ4v) is 3.64. The molecule has 0 saturated heterocycles. The molecular formula is C22H29N5O2. The topological polar surface area (TPSA) is 85.6 Å². The minimum atomic E-state index is -0.319. The maximum atomic E-state index is 13.3. The molecule has 0 spiro atoms. The van der Waals surface area contributed by atoms with Crippen LogP contribution in [0.1, 0.15) is 50.5 Å². The molecule has 0 bridgehead atoms. The van der Waals surface area contributed by atoms with E-state index in [1.165, 1.54) is 0 Å². The monoisotopic (exact) mass is 395 g/mol. The van der Waals surface area contributed by atoms with E-state index in [0.29, 0.717) is 30.9 Å². The van der Waals surface area contributed by atoms with E-state index in [0.717, 1.165) is 18.4 Å². The zero-order valence-electron chi connectivity index (χ0n) is 17.1. The SMILES string of the molecule is CCCCN(C(=O)CN)C(CC)c1nn2cccc2c(=O)n1Cc1ccccc1. The van der Waals surface area contributed by atoms with Gasteiger partial charge in [0.1, 0.15) is 5.52 Å². The number of nitrogens with two attached hydrogens (primary N) is 1. The minimum Gasteiger partial charge on any atom is -0.331 e. The number of aromatic nitrogens is 3. The summed E-state index contributed by atoms with van der Waals surface area (Å²) in [6.07, 6.45) is 4.24. The number of carbonyl (C=O) groups is 1. The maximum Gasteiger partial charge on any atom is 0.278 e. The Hall–Kier alpha value is -2.93. The molecule has 0 fully saturated rings. The highest BCUT2D eigenvalue weighted by molar-refractivity contribution is 5.78. The van der Waals surface area contributed by atoms with Gasteiger partial charge < -0.3 is 10.6 Å². The molecule has 1 amide bonds. The lowest BCUT2D eigenvalue weighted by molar-refractivity contribution is -0.132. The Kier molecular flexibility index (Phi) is 6.82. The second kappa shape index (κ2) is 9.52. The maximum absolute atomic E-state index is 13.3. The summed E-state index contributed by atoms with van der Waals surface area (Å²) >= 11 is 0. The quantitative estimate of drug-likeness (QED) is 0.603. The molecule has 2 N–H and O–H groups in total. The molecule has 1 atom stereocenters. The molecule has 3 aromatic rings. The van der Waals surface area contributed by atoms with Crippen molar-refractivity contribution >= 4 is 11.4 Å². The number of fused-ring (bicyclic) bond motifs is 1. The molecule has 1 unspecified atom stereocenters. The van der Waals surface area contributed by atoms with Crippen LogP contribution in [0.2, 0.25) is 0 Å². The first-order chi connectivity index (χ1) is 14.1. The molecule has 29 heavy (non-hydrogen) atoms. The molecule has 0 radical (unpaired) electrons. The van der Waals surface area contributed by atoms with Gasteiger partial charge in [-0.3, -0.25) is 14.2 Å². The van der Waals surface area contributed by atoms with E-state index in [-0.39, 0.29) is 24.1 Å². The molecule has 7 nitrogen and oxygen atoms in total. The standard InChI is InChI=1S/C22H29N5O2/c1-3-5-13-25(20(28)15-23)18(4-2)21-24-27-14-9-12-19(27)22(29)26(21)16-17-10-7-6-8-11-17/h6-12,14,18H,3-5,13,15-16,23H2,1-2H3. The second-order valence-corrected chi connectivity index (χ2v) is 7.14. The van der Waals surface area contributed by atoms with Gasteiger partial charge in [0.25, 0.3) is 5.56 Å². The van der Waals surface area contributed by atoms with Crippen LogP contribution in [-0.4, -0.2) is 38.1 Å². The van der Waals surface area contributed by atoms with Gasteiger partial charge in [-0.1, -0.05) is 50.6 Å². The van der Waals surface area contributed by atoms with Crippen LogP contribution < -0.4 is 11.3 Å². The normalized spacial score (nSPS) is 12.2. The lowest BCUT2D eigenvalue weighted by atomic mass is 10.1. The Bertz CT molecular complexity index is 1010. The van der Waals surface area contributed by atoms with E-state index < -0.39 is 0 Å². The Balaban J connectivity index is 2.15. The van der Waals surface area contributed by atoms with Crippen LogP contribution in [-0.2, 0) is 11.3 Å². The fourth-order valence-electron chi connectivity index (χ4n) is 3.64. The number of amides is 1. The zero-order chi connectivity index (χ0) is 20.8. The van der Waals surface area contributed by atoms with Gasteiger partial charge in [-0.05, 0) is 30.5 Å². The number of benzene rings is 1. The number of hydrogen-bond acceptors (Lipinski definition) is 4. The summed E-state index contributed by atoms with van der Waals surface area (Å²) in [5.74, 6) is 0.460. The van der Waals surface area contributed by atoms with Crippen LogP contribution in [0.4, 0.5) is 0 Å². The number of carbonyl (C=O) groups excluding carboxylic acids is 1. The van der Waals surface area contributed by atoms with Crippen molar-refractivity contribution in [2.75, 3.05) is 13.1 Å². The predicted molar refractivity (Wildman–Crippen MR) is 114 cm³/mol. The zero-order valence-corrected chi connectivity index (χ0v) is 17.1. The molecule has 0 aliphatic rings. The van der Waals surface area contributed by atoms with E-state index >= 15 is 0 Å². The largest absolute Gasteiger partial charge is 0.331 e. The van der Waals surface area contributed by atoms with Crippen LogP contribution in [0, 0.1) is 0 Å². The van der Waals surface area contributed by atoms with Gasteiger partial charge in [0, 0.05) is 12.7 Å². The molecule has 154 valence electrons. The Morgan fingerprint density at radius 2 is 1.93 bits per heavy atom. The average Bonchev–Trinajstić information content (AvgIpc) is 3.22. The molecule has 2 aromatic heterocycles. The smallest absolute Gasteiger partial charge is 0.278 e. The van der Waals surface area contributed by atoms with Gasteiger partial charge >= 0.3 is 0 Å². The van der Waals surface area contributed by atoms with Crippen molar-refractivity contribution in [3.8, 4) is 0 Å². The first kappa shape index (κ1) is 20.8. The molecule has 7 heteroatoms. The Labute approximate surface area is 170 Å². The van der Waals surface area contributed by atoms with Crippen molar-refractivity contribution in [2.45, 2.75) is 45.7 Å². The van der Waals surface area contributed by atoms with Crippen molar-refractivity contribution in [1.29, 1.82) is 0 Å². The molecular weight excluding hydrogens is 366 g/mol. The van der Waals surface area contributed by atoms with Crippen LogP contribution >= 0.6 is 0 Å². The van der Waals surface area contributed by atoms with Crippen LogP contribution in [0.5, 0.6) is 0 Å². The third-order valence-corrected chi connectivity index (χ3v) is 5.17. The molecule has 2 heterocycles.